The number of ether oxygens (including phenoxy) is 1. The molecule has 1 heterocycles. The lowest BCUT2D eigenvalue weighted by Gasteiger charge is -2.05. The molecule has 8 heteroatoms. The Morgan fingerprint density at radius 2 is 2.05 bits per heavy atom. The Labute approximate surface area is 123 Å². The fourth-order valence-electron chi connectivity index (χ4n) is 1.60. The normalized spacial score (nSPS) is 10.1. The first kappa shape index (κ1) is 14.8. The Morgan fingerprint density at radius 3 is 2.67 bits per heavy atom. The molecule has 1 aromatic carbocycles. The summed E-state index contributed by atoms with van der Waals surface area (Å²) in [5.74, 6) is -0.962. The summed E-state index contributed by atoms with van der Waals surface area (Å²) in [5, 5.41) is 19.7. The Bertz CT molecular complexity index is 705. The van der Waals surface area contributed by atoms with Crippen molar-refractivity contribution in [2.45, 2.75) is 9.79 Å². The second-order valence-electron chi connectivity index (χ2n) is 3.87. The van der Waals surface area contributed by atoms with Gasteiger partial charge in [0.1, 0.15) is 5.69 Å². The zero-order valence-corrected chi connectivity index (χ0v) is 11.7. The van der Waals surface area contributed by atoms with E-state index in [9.17, 15) is 14.9 Å². The number of hydrogen-bond acceptors (Lipinski definition) is 6. The van der Waals surface area contributed by atoms with Gasteiger partial charge in [-0.1, -0.05) is 11.8 Å². The number of carbonyl (C=O) groups is 1. The SMILES string of the molecule is COc1cc(Sc2ccnc(C(=O)O)c2)ccc1[N+](=O)[O-]. The quantitative estimate of drug-likeness (QED) is 0.669. The van der Waals surface area contributed by atoms with E-state index >= 15 is 0 Å². The predicted octanol–water partition coefficient (Wildman–Crippen LogP) is 2.85. The third-order valence-corrected chi connectivity index (χ3v) is 3.51. The van der Waals surface area contributed by atoms with Gasteiger partial charge in [0, 0.05) is 28.1 Å². The molecule has 0 aliphatic heterocycles. The maximum Gasteiger partial charge on any atom is 0.354 e. The van der Waals surface area contributed by atoms with Gasteiger partial charge >= 0.3 is 11.7 Å². The van der Waals surface area contributed by atoms with Crippen molar-refractivity contribution in [2.24, 2.45) is 0 Å². The van der Waals surface area contributed by atoms with E-state index in [2.05, 4.69) is 4.98 Å². The topological polar surface area (TPSA) is 103 Å². The molecule has 1 aromatic heterocycles. The summed E-state index contributed by atoms with van der Waals surface area (Å²) in [6.45, 7) is 0. The molecule has 108 valence electrons. The van der Waals surface area contributed by atoms with Crippen LogP contribution in [0.25, 0.3) is 0 Å². The van der Waals surface area contributed by atoms with Crippen LogP contribution in [0.3, 0.4) is 0 Å². The highest BCUT2D eigenvalue weighted by molar-refractivity contribution is 7.99. The van der Waals surface area contributed by atoms with E-state index < -0.39 is 10.9 Å². The summed E-state index contributed by atoms with van der Waals surface area (Å²) in [7, 11) is 1.35. The summed E-state index contributed by atoms with van der Waals surface area (Å²) < 4.78 is 4.99. The number of aromatic nitrogens is 1. The van der Waals surface area contributed by atoms with Gasteiger partial charge in [-0.25, -0.2) is 9.78 Å². The van der Waals surface area contributed by atoms with Crippen LogP contribution in [0.1, 0.15) is 10.5 Å². The molecule has 0 bridgehead atoms. The van der Waals surface area contributed by atoms with Crippen molar-refractivity contribution in [3.63, 3.8) is 0 Å². The van der Waals surface area contributed by atoms with Crippen LogP contribution in [0.2, 0.25) is 0 Å². The van der Waals surface area contributed by atoms with Gasteiger partial charge in [-0.3, -0.25) is 10.1 Å². The first-order valence-electron chi connectivity index (χ1n) is 5.71. The molecule has 21 heavy (non-hydrogen) atoms. The summed E-state index contributed by atoms with van der Waals surface area (Å²) in [6.07, 6.45) is 1.40. The number of nitro groups is 1. The number of hydrogen-bond donors (Lipinski definition) is 1. The molecule has 0 radical (unpaired) electrons. The molecule has 0 saturated carbocycles. The number of nitrogens with zero attached hydrogens (tertiary/aromatic N) is 2. The van der Waals surface area contributed by atoms with Crippen LogP contribution in [0, 0.1) is 10.1 Å². The lowest BCUT2D eigenvalue weighted by molar-refractivity contribution is -0.385. The Balaban J connectivity index is 2.29. The van der Waals surface area contributed by atoms with Crippen LogP contribution in [-0.2, 0) is 0 Å². The smallest absolute Gasteiger partial charge is 0.354 e. The monoisotopic (exact) mass is 306 g/mol. The van der Waals surface area contributed by atoms with Crippen molar-refractivity contribution in [3.8, 4) is 5.75 Å². The number of carboxylic acids is 1. The highest BCUT2D eigenvalue weighted by Crippen LogP contribution is 2.35. The lowest BCUT2D eigenvalue weighted by Crippen LogP contribution is -1.99. The molecular formula is C13H10N2O5S. The van der Waals surface area contributed by atoms with Gasteiger partial charge in [-0.2, -0.15) is 0 Å². The Kier molecular flexibility index (Phi) is 4.39. The number of aromatic carboxylic acids is 1. The molecule has 0 aliphatic rings. The number of pyridine rings is 1. The van der Waals surface area contributed by atoms with E-state index in [4.69, 9.17) is 9.84 Å². The molecule has 0 fully saturated rings. The third kappa shape index (κ3) is 3.48. The predicted molar refractivity (Wildman–Crippen MR) is 75.0 cm³/mol. The Morgan fingerprint density at radius 1 is 1.33 bits per heavy atom. The summed E-state index contributed by atoms with van der Waals surface area (Å²) in [6, 6.07) is 7.54. The molecule has 2 rings (SSSR count). The second-order valence-corrected chi connectivity index (χ2v) is 5.02. The van der Waals surface area contributed by atoms with Crippen molar-refractivity contribution in [1.82, 2.24) is 4.98 Å². The van der Waals surface area contributed by atoms with Crippen molar-refractivity contribution < 1.29 is 19.6 Å². The lowest BCUT2D eigenvalue weighted by atomic mass is 10.3. The average molecular weight is 306 g/mol. The molecule has 0 spiro atoms. The van der Waals surface area contributed by atoms with Gasteiger partial charge in [-0.05, 0) is 18.2 Å². The molecule has 0 atom stereocenters. The first-order valence-corrected chi connectivity index (χ1v) is 6.52. The summed E-state index contributed by atoms with van der Waals surface area (Å²) in [4.78, 5) is 26.2. The Hall–Kier alpha value is -2.61. The van der Waals surface area contributed by atoms with E-state index in [0.717, 1.165) is 0 Å². The zero-order valence-electron chi connectivity index (χ0n) is 10.8. The van der Waals surface area contributed by atoms with Gasteiger partial charge in [0.05, 0.1) is 12.0 Å². The average Bonchev–Trinajstić information content (AvgIpc) is 2.47. The molecule has 0 aliphatic carbocycles. The molecule has 1 N–H and O–H groups in total. The number of nitro benzene ring substituents is 1. The zero-order chi connectivity index (χ0) is 15.4. The third-order valence-electron chi connectivity index (χ3n) is 2.53. The minimum absolute atomic E-state index is 0.0612. The highest BCUT2D eigenvalue weighted by atomic mass is 32.2. The molecular weight excluding hydrogens is 296 g/mol. The fraction of sp³-hybridized carbons (Fsp3) is 0.0769. The second kappa shape index (κ2) is 6.23. The molecule has 7 nitrogen and oxygen atoms in total. The minimum atomic E-state index is -1.11. The van der Waals surface area contributed by atoms with Gasteiger partial charge in [0.25, 0.3) is 0 Å². The molecule has 0 saturated heterocycles. The van der Waals surface area contributed by atoms with E-state index in [-0.39, 0.29) is 17.1 Å². The van der Waals surface area contributed by atoms with Crippen LogP contribution in [-0.4, -0.2) is 28.1 Å². The van der Waals surface area contributed by atoms with Crippen molar-refractivity contribution in [3.05, 3.63) is 52.3 Å². The summed E-state index contributed by atoms with van der Waals surface area (Å²) in [5.41, 5.74) is -0.184. The number of methoxy groups -OCH3 is 1. The van der Waals surface area contributed by atoms with Crippen LogP contribution >= 0.6 is 11.8 Å². The van der Waals surface area contributed by atoms with E-state index in [1.807, 2.05) is 0 Å². The minimum Gasteiger partial charge on any atom is -0.490 e. The maximum absolute atomic E-state index is 10.9. The number of carboxylic acid groups (broad SMARTS) is 1. The largest absolute Gasteiger partial charge is 0.490 e. The van der Waals surface area contributed by atoms with Gasteiger partial charge < -0.3 is 9.84 Å². The number of benzene rings is 1. The fourth-order valence-corrected chi connectivity index (χ4v) is 2.47. The van der Waals surface area contributed by atoms with E-state index in [0.29, 0.717) is 9.79 Å². The van der Waals surface area contributed by atoms with Crippen molar-refractivity contribution in [2.75, 3.05) is 7.11 Å². The van der Waals surface area contributed by atoms with Crippen LogP contribution in [0.5, 0.6) is 5.75 Å². The first-order chi connectivity index (χ1) is 10.0. The van der Waals surface area contributed by atoms with Crippen LogP contribution in [0.15, 0.2) is 46.3 Å². The van der Waals surface area contributed by atoms with Gasteiger partial charge in [0.15, 0.2) is 5.75 Å². The van der Waals surface area contributed by atoms with Gasteiger partial charge in [-0.15, -0.1) is 0 Å². The molecule has 2 aromatic rings. The van der Waals surface area contributed by atoms with Gasteiger partial charge in [0.2, 0.25) is 0 Å². The van der Waals surface area contributed by atoms with Crippen molar-refractivity contribution >= 4 is 23.4 Å². The molecule has 0 unspecified atom stereocenters. The summed E-state index contributed by atoms with van der Waals surface area (Å²) >= 11 is 1.26. The van der Waals surface area contributed by atoms with Crippen LogP contribution in [0.4, 0.5) is 5.69 Å². The highest BCUT2D eigenvalue weighted by Gasteiger charge is 2.15. The van der Waals surface area contributed by atoms with E-state index in [1.54, 1.807) is 12.1 Å². The molecule has 0 amide bonds. The number of rotatable bonds is 5. The van der Waals surface area contributed by atoms with E-state index in [1.165, 1.54) is 43.3 Å². The van der Waals surface area contributed by atoms with Crippen molar-refractivity contribution in [1.29, 1.82) is 0 Å². The maximum atomic E-state index is 10.9. The van der Waals surface area contributed by atoms with Crippen LogP contribution < -0.4 is 4.74 Å². The standard InChI is InChI=1S/C13H10N2O5S/c1-20-12-7-8(2-3-11(12)15(18)19)21-9-4-5-14-10(6-9)13(16)17/h2-7H,1H3,(H,16,17).